The molecule has 0 saturated heterocycles. The molecule has 23 heavy (non-hydrogen) atoms. The summed E-state index contributed by atoms with van der Waals surface area (Å²) in [5.41, 5.74) is 3.98. The molecular formula is C16H14BrN5O. The summed E-state index contributed by atoms with van der Waals surface area (Å²) in [4.78, 5) is 12.4. The zero-order valence-electron chi connectivity index (χ0n) is 12.1. The minimum absolute atomic E-state index is 0.234. The number of hydrogen-bond donors (Lipinski definition) is 3. The molecule has 116 valence electrons. The molecule has 1 aromatic carbocycles. The molecule has 2 heterocycles. The molecular weight excluding hydrogens is 358 g/mol. The van der Waals surface area contributed by atoms with E-state index in [1.54, 1.807) is 6.20 Å². The molecule has 3 N–H and O–H groups in total. The summed E-state index contributed by atoms with van der Waals surface area (Å²) in [6.07, 6.45) is 3.99. The summed E-state index contributed by atoms with van der Waals surface area (Å²) in [6, 6.07) is 9.47. The van der Waals surface area contributed by atoms with Gasteiger partial charge in [0, 0.05) is 23.4 Å². The van der Waals surface area contributed by atoms with E-state index in [9.17, 15) is 4.79 Å². The Morgan fingerprint density at radius 2 is 2.13 bits per heavy atom. The molecule has 2 aromatic heterocycles. The molecule has 0 aliphatic heterocycles. The van der Waals surface area contributed by atoms with Crippen LogP contribution in [0.15, 0.2) is 41.0 Å². The van der Waals surface area contributed by atoms with Crippen molar-refractivity contribution in [2.24, 2.45) is 0 Å². The molecule has 3 aromatic rings. The van der Waals surface area contributed by atoms with E-state index in [1.807, 2.05) is 30.3 Å². The predicted octanol–water partition coefficient (Wildman–Crippen LogP) is 3.69. The van der Waals surface area contributed by atoms with E-state index in [-0.39, 0.29) is 5.91 Å². The van der Waals surface area contributed by atoms with Gasteiger partial charge in [-0.3, -0.25) is 15.0 Å². The first-order valence-corrected chi connectivity index (χ1v) is 8.16. The minimum atomic E-state index is -0.234. The Bertz CT molecular complexity index is 851. The lowest BCUT2D eigenvalue weighted by Gasteiger charge is -2.05. The molecule has 0 spiro atoms. The number of benzene rings is 1. The highest BCUT2D eigenvalue weighted by atomic mass is 79.9. The van der Waals surface area contributed by atoms with E-state index in [1.165, 1.54) is 0 Å². The van der Waals surface area contributed by atoms with Gasteiger partial charge >= 0.3 is 0 Å². The van der Waals surface area contributed by atoms with Crippen molar-refractivity contribution in [2.45, 2.75) is 18.8 Å². The molecule has 1 aliphatic rings. The van der Waals surface area contributed by atoms with Crippen LogP contribution in [0.25, 0.3) is 11.3 Å². The Labute approximate surface area is 140 Å². The molecule has 7 heteroatoms. The number of aromatic amines is 2. The van der Waals surface area contributed by atoms with Crippen LogP contribution < -0.4 is 5.32 Å². The number of H-pyrrole nitrogens is 2. The lowest BCUT2D eigenvalue weighted by molar-refractivity contribution is 0.102. The number of nitrogens with one attached hydrogen (secondary N) is 3. The molecule has 0 bridgehead atoms. The second-order valence-corrected chi connectivity index (χ2v) is 6.37. The Morgan fingerprint density at radius 3 is 2.87 bits per heavy atom. The topological polar surface area (TPSA) is 86.5 Å². The van der Waals surface area contributed by atoms with Crippen molar-refractivity contribution < 1.29 is 4.79 Å². The summed E-state index contributed by atoms with van der Waals surface area (Å²) in [7, 11) is 0. The second-order valence-electron chi connectivity index (χ2n) is 5.58. The number of carbonyl (C=O) groups excluding carboxylic acids is 1. The Kier molecular flexibility index (Phi) is 3.49. The van der Waals surface area contributed by atoms with Crippen molar-refractivity contribution in [2.75, 3.05) is 5.32 Å². The maximum absolute atomic E-state index is 12.4. The Balaban J connectivity index is 1.56. The molecule has 4 rings (SSSR count). The fourth-order valence-corrected chi connectivity index (χ4v) is 3.19. The van der Waals surface area contributed by atoms with E-state index in [4.69, 9.17) is 0 Å². The van der Waals surface area contributed by atoms with Gasteiger partial charge in [0.2, 0.25) is 0 Å². The first-order valence-electron chi connectivity index (χ1n) is 7.37. The van der Waals surface area contributed by atoms with E-state index >= 15 is 0 Å². The van der Waals surface area contributed by atoms with Crippen LogP contribution >= 0.6 is 15.9 Å². The van der Waals surface area contributed by atoms with Crippen LogP contribution in [0.3, 0.4) is 0 Å². The number of carbonyl (C=O) groups is 1. The van der Waals surface area contributed by atoms with E-state index in [0.29, 0.717) is 17.3 Å². The summed E-state index contributed by atoms with van der Waals surface area (Å²) in [5, 5.41) is 16.8. The highest BCUT2D eigenvalue weighted by Crippen LogP contribution is 2.42. The zero-order valence-corrected chi connectivity index (χ0v) is 13.7. The van der Waals surface area contributed by atoms with Crippen molar-refractivity contribution in [3.05, 3.63) is 52.4 Å². The van der Waals surface area contributed by atoms with Gasteiger partial charge in [-0.2, -0.15) is 10.2 Å². The molecule has 0 atom stereocenters. The van der Waals surface area contributed by atoms with Crippen molar-refractivity contribution >= 4 is 27.5 Å². The fourth-order valence-electron chi connectivity index (χ4n) is 2.51. The predicted molar refractivity (Wildman–Crippen MR) is 90.2 cm³/mol. The minimum Gasteiger partial charge on any atom is -0.321 e. The van der Waals surface area contributed by atoms with Gasteiger partial charge in [-0.1, -0.05) is 12.1 Å². The number of rotatable bonds is 4. The van der Waals surface area contributed by atoms with Crippen LogP contribution in [-0.2, 0) is 0 Å². The lowest BCUT2D eigenvalue weighted by Crippen LogP contribution is -2.13. The fraction of sp³-hybridized carbons (Fsp3) is 0.188. The van der Waals surface area contributed by atoms with Gasteiger partial charge in [0.15, 0.2) is 5.69 Å². The van der Waals surface area contributed by atoms with Gasteiger partial charge in [-0.15, -0.1) is 0 Å². The van der Waals surface area contributed by atoms with E-state index in [0.717, 1.165) is 34.3 Å². The van der Waals surface area contributed by atoms with Crippen molar-refractivity contribution in [3.63, 3.8) is 0 Å². The number of hydrogen-bond acceptors (Lipinski definition) is 3. The van der Waals surface area contributed by atoms with Gasteiger partial charge in [0.25, 0.3) is 5.91 Å². The summed E-state index contributed by atoms with van der Waals surface area (Å²) < 4.78 is 0.766. The number of anilines is 1. The number of nitrogens with zero attached hydrogens (tertiary/aromatic N) is 2. The van der Waals surface area contributed by atoms with Crippen molar-refractivity contribution in [3.8, 4) is 11.3 Å². The zero-order chi connectivity index (χ0) is 15.8. The molecule has 6 nitrogen and oxygen atoms in total. The van der Waals surface area contributed by atoms with Gasteiger partial charge in [0.05, 0.1) is 15.9 Å². The molecule has 1 amide bonds. The SMILES string of the molecule is O=C(Nc1cccc(-c2ccn[nH]2)c1)c1n[nH]c(C2CC2)c1Br. The number of halogens is 1. The Morgan fingerprint density at radius 1 is 1.26 bits per heavy atom. The van der Waals surface area contributed by atoms with Crippen molar-refractivity contribution in [1.82, 2.24) is 20.4 Å². The first-order chi connectivity index (χ1) is 11.2. The van der Waals surface area contributed by atoms with Gasteiger partial charge in [-0.25, -0.2) is 0 Å². The van der Waals surface area contributed by atoms with E-state index in [2.05, 4.69) is 41.6 Å². The van der Waals surface area contributed by atoms with Gasteiger partial charge < -0.3 is 5.32 Å². The summed E-state index contributed by atoms with van der Waals surface area (Å²) in [6.45, 7) is 0. The lowest BCUT2D eigenvalue weighted by atomic mass is 10.1. The molecule has 1 aliphatic carbocycles. The molecule has 1 saturated carbocycles. The quantitative estimate of drug-likeness (QED) is 0.653. The normalized spacial score (nSPS) is 14.0. The number of amides is 1. The van der Waals surface area contributed by atoms with Crippen molar-refractivity contribution in [1.29, 1.82) is 0 Å². The van der Waals surface area contributed by atoms with Crippen LogP contribution in [-0.4, -0.2) is 26.3 Å². The van der Waals surface area contributed by atoms with Gasteiger partial charge in [0.1, 0.15) is 0 Å². The Hall–Kier alpha value is -2.41. The largest absolute Gasteiger partial charge is 0.321 e. The van der Waals surface area contributed by atoms with E-state index < -0.39 is 0 Å². The van der Waals surface area contributed by atoms with Crippen LogP contribution in [0.4, 0.5) is 5.69 Å². The molecule has 0 unspecified atom stereocenters. The van der Waals surface area contributed by atoms with Crippen LogP contribution in [0.2, 0.25) is 0 Å². The van der Waals surface area contributed by atoms with Crippen LogP contribution in [0, 0.1) is 0 Å². The smallest absolute Gasteiger partial charge is 0.277 e. The third-order valence-electron chi connectivity index (χ3n) is 3.87. The van der Waals surface area contributed by atoms with Crippen LogP contribution in [0.1, 0.15) is 34.9 Å². The molecule has 1 fully saturated rings. The number of aromatic nitrogens is 4. The maximum atomic E-state index is 12.4. The third kappa shape index (κ3) is 2.79. The summed E-state index contributed by atoms with van der Waals surface area (Å²) >= 11 is 3.48. The molecule has 0 radical (unpaired) electrons. The summed E-state index contributed by atoms with van der Waals surface area (Å²) in [5.74, 6) is 0.268. The average Bonchev–Trinajstić information content (AvgIpc) is 3.10. The average molecular weight is 372 g/mol. The van der Waals surface area contributed by atoms with Crippen LogP contribution in [0.5, 0.6) is 0 Å². The second kappa shape index (κ2) is 5.66. The van der Waals surface area contributed by atoms with Gasteiger partial charge in [-0.05, 0) is 47.0 Å². The first kappa shape index (κ1) is 14.2. The highest BCUT2D eigenvalue weighted by molar-refractivity contribution is 9.10. The standard InChI is InChI=1S/C16H14BrN5O/c17-13-14(9-4-5-9)21-22-15(13)16(23)19-11-3-1-2-10(8-11)12-6-7-18-20-12/h1-3,6-9H,4-5H2,(H,18,20)(H,19,23)(H,21,22). The third-order valence-corrected chi connectivity index (χ3v) is 4.67. The highest BCUT2D eigenvalue weighted by Gasteiger charge is 2.30. The maximum Gasteiger partial charge on any atom is 0.277 e. The monoisotopic (exact) mass is 371 g/mol.